The number of benzene rings is 3. The number of hydrogen-bond donors (Lipinski definition) is 1. The lowest BCUT2D eigenvalue weighted by Crippen LogP contribution is -2.34. The topological polar surface area (TPSA) is 52.2 Å². The zero-order valence-corrected chi connectivity index (χ0v) is 19.0. The molecular weight excluding hydrogens is 408 g/mol. The van der Waals surface area contributed by atoms with Gasteiger partial charge in [-0.2, -0.15) is 5.10 Å². The number of likely N-dealkylation sites (tertiary alicyclic amines) is 1. The quantitative estimate of drug-likeness (QED) is 0.469. The fraction of sp³-hybridized carbons (Fsp3) is 0.214. The molecule has 1 aliphatic rings. The summed E-state index contributed by atoms with van der Waals surface area (Å²) in [5.74, 6) is 0.0896. The zero-order chi connectivity index (χ0) is 22.8. The molecule has 0 aliphatic carbocycles. The Bertz CT molecular complexity index is 1310. The minimum atomic E-state index is 0.0896. The number of aromatic nitrogens is 2. The molecule has 0 bridgehead atoms. The molecule has 0 saturated carbocycles. The first kappa shape index (κ1) is 21.2. The number of nitrogens with zero attached hydrogens (tertiary/aromatic N) is 3. The SMILES string of the molecule is CN(C)[C@H]1CCN(C(=O)c2ccc3n[nH]c(/C=C/c4ccccc4-c4ccccc4)c3c2)C1. The van der Waals surface area contributed by atoms with E-state index in [-0.39, 0.29) is 5.91 Å². The van der Waals surface area contributed by atoms with E-state index >= 15 is 0 Å². The van der Waals surface area contributed by atoms with Crippen LogP contribution in [0.15, 0.2) is 72.8 Å². The number of carbonyl (C=O) groups excluding carboxylic acids is 1. The van der Waals surface area contributed by atoms with Gasteiger partial charge in [0.15, 0.2) is 0 Å². The Kier molecular flexibility index (Phi) is 5.80. The highest BCUT2D eigenvalue weighted by molar-refractivity contribution is 6.00. The Morgan fingerprint density at radius 3 is 2.61 bits per heavy atom. The molecule has 0 spiro atoms. The van der Waals surface area contributed by atoms with Crippen LogP contribution in [0.3, 0.4) is 0 Å². The van der Waals surface area contributed by atoms with Gasteiger partial charge in [0.25, 0.3) is 5.91 Å². The van der Waals surface area contributed by atoms with Crippen LogP contribution in [0.2, 0.25) is 0 Å². The summed E-state index contributed by atoms with van der Waals surface area (Å²) in [5, 5.41) is 8.53. The van der Waals surface area contributed by atoms with Gasteiger partial charge in [0.2, 0.25) is 0 Å². The molecule has 2 heterocycles. The highest BCUT2D eigenvalue weighted by Gasteiger charge is 2.28. The third kappa shape index (κ3) is 4.32. The molecule has 5 rings (SSSR count). The Morgan fingerprint density at radius 1 is 1.03 bits per heavy atom. The van der Waals surface area contributed by atoms with Crippen molar-refractivity contribution in [3.63, 3.8) is 0 Å². The van der Waals surface area contributed by atoms with Crippen molar-refractivity contribution in [1.82, 2.24) is 20.0 Å². The summed E-state index contributed by atoms with van der Waals surface area (Å²) in [4.78, 5) is 17.3. The predicted molar refractivity (Wildman–Crippen MR) is 135 cm³/mol. The predicted octanol–water partition coefficient (Wildman–Crippen LogP) is 5.18. The van der Waals surface area contributed by atoms with Crippen molar-refractivity contribution in [3.05, 3.63) is 89.6 Å². The number of aromatic amines is 1. The Labute approximate surface area is 194 Å². The van der Waals surface area contributed by atoms with Crippen LogP contribution in [0.4, 0.5) is 0 Å². The summed E-state index contributed by atoms with van der Waals surface area (Å²) in [5.41, 5.74) is 5.96. The summed E-state index contributed by atoms with van der Waals surface area (Å²) < 4.78 is 0. The van der Waals surface area contributed by atoms with Gasteiger partial charge < -0.3 is 9.80 Å². The average molecular weight is 437 g/mol. The molecule has 4 aromatic rings. The molecule has 1 N–H and O–H groups in total. The molecule has 1 aromatic heterocycles. The summed E-state index contributed by atoms with van der Waals surface area (Å²) in [6, 6.07) is 24.9. The van der Waals surface area contributed by atoms with E-state index in [0.29, 0.717) is 11.6 Å². The standard InChI is InChI=1S/C28H28N4O/c1-31(2)23-16-17-32(19-23)28(33)22-13-15-27-25(18-22)26(29-30-27)14-12-21-10-6-7-11-24(21)20-8-4-3-5-9-20/h3-15,18,23H,16-17,19H2,1-2H3,(H,29,30)/b14-12+/t23-/m0/s1. The van der Waals surface area contributed by atoms with Crippen molar-refractivity contribution >= 4 is 29.0 Å². The van der Waals surface area contributed by atoms with E-state index in [1.54, 1.807) is 0 Å². The molecule has 1 aliphatic heterocycles. The van der Waals surface area contributed by atoms with Crippen LogP contribution in [-0.2, 0) is 0 Å². The Balaban J connectivity index is 1.43. The summed E-state index contributed by atoms with van der Waals surface area (Å²) in [6.07, 6.45) is 5.16. The van der Waals surface area contributed by atoms with Gasteiger partial charge in [-0.25, -0.2) is 0 Å². The molecule has 0 unspecified atom stereocenters. The highest BCUT2D eigenvalue weighted by Crippen LogP contribution is 2.27. The molecule has 1 atom stereocenters. The number of nitrogens with one attached hydrogen (secondary N) is 1. The summed E-state index contributed by atoms with van der Waals surface area (Å²) in [6.45, 7) is 1.58. The molecule has 1 saturated heterocycles. The Morgan fingerprint density at radius 2 is 1.82 bits per heavy atom. The smallest absolute Gasteiger partial charge is 0.253 e. The van der Waals surface area contributed by atoms with E-state index in [4.69, 9.17) is 0 Å². The maximum atomic E-state index is 13.1. The first-order chi connectivity index (χ1) is 16.1. The highest BCUT2D eigenvalue weighted by atomic mass is 16.2. The van der Waals surface area contributed by atoms with Crippen molar-refractivity contribution in [2.75, 3.05) is 27.2 Å². The van der Waals surface area contributed by atoms with Crippen molar-refractivity contribution in [2.45, 2.75) is 12.5 Å². The molecule has 3 aromatic carbocycles. The first-order valence-electron chi connectivity index (χ1n) is 11.4. The van der Waals surface area contributed by atoms with E-state index in [1.165, 1.54) is 11.1 Å². The van der Waals surface area contributed by atoms with Gasteiger partial charge in [-0.1, -0.05) is 60.7 Å². The zero-order valence-electron chi connectivity index (χ0n) is 19.0. The van der Waals surface area contributed by atoms with Crippen molar-refractivity contribution in [3.8, 4) is 11.1 Å². The normalized spacial score (nSPS) is 16.3. The molecule has 1 fully saturated rings. The van der Waals surface area contributed by atoms with Gasteiger partial charge in [-0.3, -0.25) is 9.89 Å². The van der Waals surface area contributed by atoms with Crippen LogP contribution >= 0.6 is 0 Å². The van der Waals surface area contributed by atoms with E-state index in [2.05, 4.69) is 77.7 Å². The second-order valence-corrected chi connectivity index (χ2v) is 8.81. The van der Waals surface area contributed by atoms with Gasteiger partial charge in [-0.15, -0.1) is 0 Å². The number of fused-ring (bicyclic) bond motifs is 1. The number of H-pyrrole nitrogens is 1. The first-order valence-corrected chi connectivity index (χ1v) is 11.4. The third-order valence-electron chi connectivity index (χ3n) is 6.49. The number of likely N-dealkylation sites (N-methyl/N-ethyl adjacent to an activating group) is 1. The second kappa shape index (κ2) is 9.04. The minimum absolute atomic E-state index is 0.0896. The van der Waals surface area contributed by atoms with Gasteiger partial charge in [0, 0.05) is 30.1 Å². The van der Waals surface area contributed by atoms with E-state index in [9.17, 15) is 4.79 Å². The molecule has 5 heteroatoms. The van der Waals surface area contributed by atoms with E-state index in [0.717, 1.165) is 41.7 Å². The largest absolute Gasteiger partial charge is 0.337 e. The van der Waals surface area contributed by atoms with E-state index < -0.39 is 0 Å². The fourth-order valence-corrected chi connectivity index (χ4v) is 4.52. The third-order valence-corrected chi connectivity index (χ3v) is 6.49. The van der Waals surface area contributed by atoms with Crippen LogP contribution < -0.4 is 0 Å². The van der Waals surface area contributed by atoms with Gasteiger partial charge in [-0.05, 0) is 61.5 Å². The molecule has 33 heavy (non-hydrogen) atoms. The van der Waals surface area contributed by atoms with Gasteiger partial charge in [0.1, 0.15) is 0 Å². The van der Waals surface area contributed by atoms with Gasteiger partial charge in [0.05, 0.1) is 11.2 Å². The number of amides is 1. The van der Waals surface area contributed by atoms with Gasteiger partial charge >= 0.3 is 0 Å². The van der Waals surface area contributed by atoms with E-state index in [1.807, 2.05) is 41.3 Å². The molecular formula is C28H28N4O. The molecule has 0 radical (unpaired) electrons. The lowest BCUT2D eigenvalue weighted by molar-refractivity contribution is 0.0783. The van der Waals surface area contributed by atoms with Crippen LogP contribution in [0.5, 0.6) is 0 Å². The van der Waals surface area contributed by atoms with Crippen molar-refractivity contribution in [2.24, 2.45) is 0 Å². The van der Waals surface area contributed by atoms with Crippen molar-refractivity contribution < 1.29 is 4.79 Å². The summed E-state index contributed by atoms with van der Waals surface area (Å²) >= 11 is 0. The monoisotopic (exact) mass is 436 g/mol. The molecule has 1 amide bonds. The van der Waals surface area contributed by atoms with Crippen molar-refractivity contribution in [1.29, 1.82) is 0 Å². The second-order valence-electron chi connectivity index (χ2n) is 8.81. The number of rotatable bonds is 5. The molecule has 5 nitrogen and oxygen atoms in total. The number of hydrogen-bond acceptors (Lipinski definition) is 3. The van der Waals surface area contributed by atoms with Crippen LogP contribution in [0.25, 0.3) is 34.2 Å². The lowest BCUT2D eigenvalue weighted by atomic mass is 9.99. The maximum absolute atomic E-state index is 13.1. The minimum Gasteiger partial charge on any atom is -0.337 e. The maximum Gasteiger partial charge on any atom is 0.253 e. The van der Waals surface area contributed by atoms with Crippen LogP contribution in [0.1, 0.15) is 28.0 Å². The lowest BCUT2D eigenvalue weighted by Gasteiger charge is -2.20. The van der Waals surface area contributed by atoms with Crippen LogP contribution in [0, 0.1) is 0 Å². The average Bonchev–Trinajstić information content (AvgIpc) is 3.50. The number of carbonyl (C=O) groups is 1. The Hall–Kier alpha value is -3.70. The fourth-order valence-electron chi connectivity index (χ4n) is 4.52. The summed E-state index contributed by atoms with van der Waals surface area (Å²) in [7, 11) is 4.15. The molecule has 166 valence electrons. The van der Waals surface area contributed by atoms with Crippen LogP contribution in [-0.4, -0.2) is 59.1 Å².